The monoisotopic (exact) mass is 333 g/mol. The summed E-state index contributed by atoms with van der Waals surface area (Å²) in [7, 11) is 0. The van der Waals surface area contributed by atoms with Gasteiger partial charge in [-0.05, 0) is 42.3 Å². The summed E-state index contributed by atoms with van der Waals surface area (Å²) >= 11 is 0. The molecule has 0 bridgehead atoms. The molecule has 126 valence electrons. The molecule has 1 aliphatic rings. The lowest BCUT2D eigenvalue weighted by atomic mass is 10.1. The molecule has 0 unspecified atom stereocenters. The predicted octanol–water partition coefficient (Wildman–Crippen LogP) is 3.11. The summed E-state index contributed by atoms with van der Waals surface area (Å²) in [6.45, 7) is 2.44. The molecule has 25 heavy (non-hydrogen) atoms. The minimum absolute atomic E-state index is 0.0424. The summed E-state index contributed by atoms with van der Waals surface area (Å²) in [5, 5.41) is 11.7. The molecule has 5 nitrogen and oxygen atoms in total. The van der Waals surface area contributed by atoms with Crippen molar-refractivity contribution in [3.63, 3.8) is 0 Å². The van der Waals surface area contributed by atoms with E-state index in [4.69, 9.17) is 5.26 Å². The van der Waals surface area contributed by atoms with Crippen molar-refractivity contribution in [3.8, 4) is 6.07 Å². The molecule has 1 aliphatic heterocycles. The van der Waals surface area contributed by atoms with Crippen molar-refractivity contribution < 1.29 is 9.59 Å². The third kappa shape index (κ3) is 3.69. The fourth-order valence-electron chi connectivity index (χ4n) is 2.99. The zero-order valence-electron chi connectivity index (χ0n) is 14.0. The van der Waals surface area contributed by atoms with E-state index in [1.165, 1.54) is 0 Å². The summed E-state index contributed by atoms with van der Waals surface area (Å²) in [6.07, 6.45) is 1.09. The Morgan fingerprint density at radius 3 is 2.84 bits per heavy atom. The molecule has 3 rings (SSSR count). The van der Waals surface area contributed by atoms with E-state index in [9.17, 15) is 9.59 Å². The van der Waals surface area contributed by atoms with Crippen LogP contribution in [-0.4, -0.2) is 18.4 Å². The number of rotatable bonds is 4. The number of anilines is 2. The molecule has 2 aromatic rings. The largest absolute Gasteiger partial charge is 0.326 e. The highest BCUT2D eigenvalue weighted by Crippen LogP contribution is 2.27. The SMILES string of the molecule is CCc1cccc(N2C[C@@H](C(=O)Nc3cccc(C#N)c3)CC2=O)c1. The number of nitrogens with one attached hydrogen (secondary N) is 1. The molecule has 5 heteroatoms. The Labute approximate surface area is 146 Å². The quantitative estimate of drug-likeness (QED) is 0.934. The number of nitrogens with zero attached hydrogens (tertiary/aromatic N) is 2. The van der Waals surface area contributed by atoms with Crippen LogP contribution in [0.15, 0.2) is 48.5 Å². The molecule has 1 atom stereocenters. The number of hydrogen-bond donors (Lipinski definition) is 1. The van der Waals surface area contributed by atoms with Crippen LogP contribution >= 0.6 is 0 Å². The van der Waals surface area contributed by atoms with E-state index >= 15 is 0 Å². The van der Waals surface area contributed by atoms with Gasteiger partial charge in [-0.25, -0.2) is 0 Å². The normalized spacial score (nSPS) is 16.6. The van der Waals surface area contributed by atoms with E-state index in [0.717, 1.165) is 17.7 Å². The fourth-order valence-corrected chi connectivity index (χ4v) is 2.99. The van der Waals surface area contributed by atoms with Gasteiger partial charge in [0.25, 0.3) is 0 Å². The second kappa shape index (κ2) is 7.18. The van der Waals surface area contributed by atoms with Gasteiger partial charge >= 0.3 is 0 Å². The molecule has 0 aliphatic carbocycles. The molecule has 1 saturated heterocycles. The van der Waals surface area contributed by atoms with Gasteiger partial charge in [-0.15, -0.1) is 0 Å². The molecule has 1 fully saturated rings. The topological polar surface area (TPSA) is 73.2 Å². The first-order chi connectivity index (χ1) is 12.1. The van der Waals surface area contributed by atoms with Gasteiger partial charge in [0.15, 0.2) is 0 Å². The first kappa shape index (κ1) is 16.7. The minimum atomic E-state index is -0.400. The summed E-state index contributed by atoms with van der Waals surface area (Å²) < 4.78 is 0. The summed E-state index contributed by atoms with van der Waals surface area (Å²) in [5.74, 6) is -0.639. The Hall–Kier alpha value is -3.13. The van der Waals surface area contributed by atoms with Gasteiger partial charge < -0.3 is 10.2 Å². The van der Waals surface area contributed by atoms with Crippen molar-refractivity contribution in [2.75, 3.05) is 16.8 Å². The van der Waals surface area contributed by atoms with Crippen LogP contribution in [0, 0.1) is 17.2 Å². The number of nitriles is 1. The van der Waals surface area contributed by atoms with Crippen molar-refractivity contribution in [1.29, 1.82) is 5.26 Å². The first-order valence-corrected chi connectivity index (χ1v) is 8.31. The Bertz CT molecular complexity index is 854. The van der Waals surface area contributed by atoms with Crippen LogP contribution < -0.4 is 10.2 Å². The molecule has 0 radical (unpaired) electrons. The lowest BCUT2D eigenvalue weighted by Crippen LogP contribution is -2.28. The van der Waals surface area contributed by atoms with Crippen LogP contribution in [0.25, 0.3) is 0 Å². The zero-order chi connectivity index (χ0) is 17.8. The Kier molecular flexibility index (Phi) is 4.80. The van der Waals surface area contributed by atoms with Crippen LogP contribution in [0.4, 0.5) is 11.4 Å². The standard InChI is InChI=1S/C20H19N3O2/c1-2-14-5-4-8-18(10-14)23-13-16(11-19(23)24)20(25)22-17-7-3-6-15(9-17)12-21/h3-10,16H,2,11,13H2,1H3,(H,22,25)/t16-/m0/s1. The average molecular weight is 333 g/mol. The van der Waals surface area contributed by atoms with E-state index in [1.54, 1.807) is 29.2 Å². The van der Waals surface area contributed by atoms with Gasteiger partial charge in [0.2, 0.25) is 11.8 Å². The van der Waals surface area contributed by atoms with Gasteiger partial charge in [-0.2, -0.15) is 5.26 Å². The van der Waals surface area contributed by atoms with Crippen LogP contribution in [0.3, 0.4) is 0 Å². The Morgan fingerprint density at radius 1 is 1.28 bits per heavy atom. The molecule has 1 heterocycles. The van der Waals surface area contributed by atoms with E-state index in [0.29, 0.717) is 17.8 Å². The Morgan fingerprint density at radius 2 is 2.08 bits per heavy atom. The fraction of sp³-hybridized carbons (Fsp3) is 0.250. The van der Waals surface area contributed by atoms with Crippen LogP contribution in [0.5, 0.6) is 0 Å². The second-order valence-electron chi connectivity index (χ2n) is 6.11. The van der Waals surface area contributed by atoms with Crippen molar-refractivity contribution in [1.82, 2.24) is 0 Å². The van der Waals surface area contributed by atoms with Crippen LogP contribution in [-0.2, 0) is 16.0 Å². The van der Waals surface area contributed by atoms with Crippen LogP contribution in [0.2, 0.25) is 0 Å². The summed E-state index contributed by atoms with van der Waals surface area (Å²) in [4.78, 5) is 26.5. The molecular formula is C20H19N3O2. The number of hydrogen-bond acceptors (Lipinski definition) is 3. The lowest BCUT2D eigenvalue weighted by molar-refractivity contribution is -0.122. The van der Waals surface area contributed by atoms with Crippen molar-refractivity contribution in [2.24, 2.45) is 5.92 Å². The molecular weight excluding hydrogens is 314 g/mol. The molecule has 1 N–H and O–H groups in total. The highest BCUT2D eigenvalue weighted by atomic mass is 16.2. The zero-order valence-corrected chi connectivity index (χ0v) is 14.0. The van der Waals surface area contributed by atoms with Crippen molar-refractivity contribution in [2.45, 2.75) is 19.8 Å². The maximum absolute atomic E-state index is 12.5. The van der Waals surface area contributed by atoms with Gasteiger partial charge in [0.05, 0.1) is 17.6 Å². The smallest absolute Gasteiger partial charge is 0.229 e. The molecule has 2 amide bonds. The number of aryl methyl sites for hydroxylation is 1. The third-order valence-electron chi connectivity index (χ3n) is 4.39. The lowest BCUT2D eigenvalue weighted by Gasteiger charge is -2.17. The van der Waals surface area contributed by atoms with Gasteiger partial charge in [-0.1, -0.05) is 25.1 Å². The molecule has 2 aromatic carbocycles. The predicted molar refractivity (Wildman–Crippen MR) is 96.1 cm³/mol. The van der Waals surface area contributed by atoms with Gasteiger partial charge in [0.1, 0.15) is 0 Å². The highest BCUT2D eigenvalue weighted by molar-refractivity contribution is 6.03. The third-order valence-corrected chi connectivity index (χ3v) is 4.39. The maximum atomic E-state index is 12.5. The Balaban J connectivity index is 1.71. The van der Waals surface area contributed by atoms with Crippen molar-refractivity contribution in [3.05, 3.63) is 59.7 Å². The molecule has 0 saturated carbocycles. The average Bonchev–Trinajstić information content (AvgIpc) is 3.04. The van der Waals surface area contributed by atoms with Gasteiger partial charge in [0, 0.05) is 24.3 Å². The number of carbonyl (C=O) groups is 2. The van der Waals surface area contributed by atoms with E-state index in [2.05, 4.69) is 12.2 Å². The summed E-state index contributed by atoms with van der Waals surface area (Å²) in [6, 6.07) is 16.6. The van der Waals surface area contributed by atoms with Gasteiger partial charge in [-0.3, -0.25) is 9.59 Å². The molecule has 0 spiro atoms. The number of benzene rings is 2. The van der Waals surface area contributed by atoms with E-state index < -0.39 is 5.92 Å². The first-order valence-electron chi connectivity index (χ1n) is 8.31. The number of carbonyl (C=O) groups excluding carboxylic acids is 2. The highest BCUT2D eigenvalue weighted by Gasteiger charge is 2.35. The van der Waals surface area contributed by atoms with E-state index in [-0.39, 0.29) is 18.2 Å². The summed E-state index contributed by atoms with van der Waals surface area (Å²) in [5.41, 5.74) is 3.05. The van der Waals surface area contributed by atoms with Crippen molar-refractivity contribution >= 4 is 23.2 Å². The minimum Gasteiger partial charge on any atom is -0.326 e. The van der Waals surface area contributed by atoms with E-state index in [1.807, 2.05) is 30.3 Å². The number of amides is 2. The second-order valence-corrected chi connectivity index (χ2v) is 6.11. The molecule has 0 aromatic heterocycles. The van der Waals surface area contributed by atoms with Crippen LogP contribution in [0.1, 0.15) is 24.5 Å². The maximum Gasteiger partial charge on any atom is 0.229 e.